The summed E-state index contributed by atoms with van der Waals surface area (Å²) >= 11 is 5.64. The Morgan fingerprint density at radius 2 is 2.21 bits per heavy atom. The topological polar surface area (TPSA) is 12.5 Å². The SMILES string of the molecule is CCC1CN(CCCCCCl)CCO1. The van der Waals surface area contributed by atoms with Crippen molar-refractivity contribution < 1.29 is 4.74 Å². The zero-order valence-corrected chi connectivity index (χ0v) is 9.93. The van der Waals surface area contributed by atoms with Crippen molar-refractivity contribution in [1.29, 1.82) is 0 Å². The maximum atomic E-state index is 5.64. The molecule has 0 N–H and O–H groups in total. The van der Waals surface area contributed by atoms with Crippen molar-refractivity contribution >= 4 is 11.6 Å². The van der Waals surface area contributed by atoms with Gasteiger partial charge in [-0.25, -0.2) is 0 Å². The molecule has 1 atom stereocenters. The summed E-state index contributed by atoms with van der Waals surface area (Å²) in [6.45, 7) is 6.56. The number of rotatable bonds is 6. The van der Waals surface area contributed by atoms with Crippen LogP contribution in [0.1, 0.15) is 32.6 Å². The highest BCUT2D eigenvalue weighted by molar-refractivity contribution is 6.17. The first-order valence-electron chi connectivity index (χ1n) is 5.76. The maximum absolute atomic E-state index is 5.64. The second-order valence-corrected chi connectivity index (χ2v) is 4.33. The summed E-state index contributed by atoms with van der Waals surface area (Å²) in [6, 6.07) is 0. The highest BCUT2D eigenvalue weighted by Crippen LogP contribution is 2.09. The second kappa shape index (κ2) is 7.49. The molecular weight excluding hydrogens is 198 g/mol. The zero-order valence-electron chi connectivity index (χ0n) is 9.17. The summed E-state index contributed by atoms with van der Waals surface area (Å²) in [5.41, 5.74) is 0. The van der Waals surface area contributed by atoms with E-state index in [-0.39, 0.29) is 0 Å². The number of hydrogen-bond acceptors (Lipinski definition) is 2. The molecule has 1 fully saturated rings. The summed E-state index contributed by atoms with van der Waals surface area (Å²) in [6.07, 6.45) is 5.30. The lowest BCUT2D eigenvalue weighted by molar-refractivity contribution is -0.0299. The number of unbranched alkanes of at least 4 members (excludes halogenated alkanes) is 2. The van der Waals surface area contributed by atoms with Gasteiger partial charge in [0.15, 0.2) is 0 Å². The summed E-state index contributed by atoms with van der Waals surface area (Å²) < 4.78 is 5.62. The van der Waals surface area contributed by atoms with Crippen molar-refractivity contribution in [3.05, 3.63) is 0 Å². The van der Waals surface area contributed by atoms with Crippen molar-refractivity contribution in [3.8, 4) is 0 Å². The minimum Gasteiger partial charge on any atom is -0.376 e. The van der Waals surface area contributed by atoms with Crippen molar-refractivity contribution in [2.24, 2.45) is 0 Å². The fourth-order valence-corrected chi connectivity index (χ4v) is 2.03. The first kappa shape index (κ1) is 12.3. The van der Waals surface area contributed by atoms with Crippen LogP contribution in [0.3, 0.4) is 0 Å². The van der Waals surface area contributed by atoms with Gasteiger partial charge in [-0.05, 0) is 25.8 Å². The minimum atomic E-state index is 0.469. The predicted molar refractivity (Wildman–Crippen MR) is 61.0 cm³/mol. The van der Waals surface area contributed by atoms with Crippen LogP contribution in [0.4, 0.5) is 0 Å². The van der Waals surface area contributed by atoms with Crippen molar-refractivity contribution in [1.82, 2.24) is 4.90 Å². The average Bonchev–Trinajstić information content (AvgIpc) is 2.25. The Labute approximate surface area is 92.6 Å². The van der Waals surface area contributed by atoms with Gasteiger partial charge in [-0.1, -0.05) is 13.3 Å². The largest absolute Gasteiger partial charge is 0.376 e. The van der Waals surface area contributed by atoms with Crippen molar-refractivity contribution in [2.45, 2.75) is 38.7 Å². The Kier molecular flexibility index (Phi) is 6.57. The summed E-state index contributed by atoms with van der Waals surface area (Å²) in [5, 5.41) is 0. The molecule has 1 saturated heterocycles. The molecule has 84 valence electrons. The van der Waals surface area contributed by atoms with Gasteiger partial charge < -0.3 is 4.74 Å². The van der Waals surface area contributed by atoms with Crippen LogP contribution in [0.5, 0.6) is 0 Å². The molecule has 1 aliphatic rings. The first-order chi connectivity index (χ1) is 6.86. The molecule has 0 aromatic heterocycles. The predicted octanol–water partition coefficient (Wildman–Crippen LogP) is 2.51. The summed E-state index contributed by atoms with van der Waals surface area (Å²) in [7, 11) is 0. The van der Waals surface area contributed by atoms with Gasteiger partial charge in [0.25, 0.3) is 0 Å². The van der Waals surface area contributed by atoms with Crippen LogP contribution < -0.4 is 0 Å². The van der Waals surface area contributed by atoms with E-state index in [1.54, 1.807) is 0 Å². The molecule has 1 heterocycles. The number of alkyl halides is 1. The summed E-state index contributed by atoms with van der Waals surface area (Å²) in [5.74, 6) is 0.806. The fraction of sp³-hybridized carbons (Fsp3) is 1.00. The van der Waals surface area contributed by atoms with Gasteiger partial charge in [0.2, 0.25) is 0 Å². The number of ether oxygens (including phenoxy) is 1. The molecule has 0 amide bonds. The van der Waals surface area contributed by atoms with E-state index in [0.717, 1.165) is 38.4 Å². The number of nitrogens with zero attached hydrogens (tertiary/aromatic N) is 1. The molecule has 1 unspecified atom stereocenters. The van der Waals surface area contributed by atoms with E-state index in [2.05, 4.69) is 11.8 Å². The van der Waals surface area contributed by atoms with Gasteiger partial charge in [0.05, 0.1) is 12.7 Å². The molecule has 1 aliphatic heterocycles. The van der Waals surface area contributed by atoms with Crippen LogP contribution >= 0.6 is 11.6 Å². The lowest BCUT2D eigenvalue weighted by Crippen LogP contribution is -2.42. The molecule has 0 aromatic rings. The standard InChI is InChI=1S/C11H22ClNO/c1-2-11-10-13(8-9-14-11)7-5-3-4-6-12/h11H,2-10H2,1H3. The van der Waals surface area contributed by atoms with Crippen LogP contribution in [0.2, 0.25) is 0 Å². The first-order valence-corrected chi connectivity index (χ1v) is 6.30. The molecule has 2 nitrogen and oxygen atoms in total. The van der Waals surface area contributed by atoms with Crippen molar-refractivity contribution in [3.63, 3.8) is 0 Å². The Morgan fingerprint density at radius 3 is 2.93 bits per heavy atom. The third kappa shape index (κ3) is 4.63. The average molecular weight is 220 g/mol. The van der Waals surface area contributed by atoms with Gasteiger partial charge in [0.1, 0.15) is 0 Å². The Morgan fingerprint density at radius 1 is 1.36 bits per heavy atom. The van der Waals surface area contributed by atoms with Crippen molar-refractivity contribution in [2.75, 3.05) is 32.1 Å². The van der Waals surface area contributed by atoms with Gasteiger partial charge in [-0.2, -0.15) is 0 Å². The molecule has 0 aromatic carbocycles. The number of hydrogen-bond donors (Lipinski definition) is 0. The van der Waals surface area contributed by atoms with Crippen LogP contribution in [-0.4, -0.2) is 43.1 Å². The van der Waals surface area contributed by atoms with E-state index in [0.29, 0.717) is 6.10 Å². The third-order valence-electron chi connectivity index (χ3n) is 2.79. The van der Waals surface area contributed by atoms with E-state index in [1.165, 1.54) is 19.4 Å². The van der Waals surface area contributed by atoms with Gasteiger partial charge in [0, 0.05) is 19.0 Å². The van der Waals surface area contributed by atoms with E-state index in [1.807, 2.05) is 0 Å². The molecule has 0 bridgehead atoms. The summed E-state index contributed by atoms with van der Waals surface area (Å²) in [4.78, 5) is 2.52. The van der Waals surface area contributed by atoms with Gasteiger partial charge in [-0.15, -0.1) is 11.6 Å². The molecule has 14 heavy (non-hydrogen) atoms. The third-order valence-corrected chi connectivity index (χ3v) is 3.05. The second-order valence-electron chi connectivity index (χ2n) is 3.95. The monoisotopic (exact) mass is 219 g/mol. The Balaban J connectivity index is 2.05. The van der Waals surface area contributed by atoms with Gasteiger partial charge in [-0.3, -0.25) is 4.90 Å². The number of morpholine rings is 1. The molecule has 1 rings (SSSR count). The molecule has 0 spiro atoms. The zero-order chi connectivity index (χ0) is 10.2. The van der Waals surface area contributed by atoms with E-state index < -0.39 is 0 Å². The minimum absolute atomic E-state index is 0.469. The highest BCUT2D eigenvalue weighted by atomic mass is 35.5. The molecule has 0 radical (unpaired) electrons. The van der Waals surface area contributed by atoms with Crippen LogP contribution in [0.25, 0.3) is 0 Å². The smallest absolute Gasteiger partial charge is 0.0700 e. The highest BCUT2D eigenvalue weighted by Gasteiger charge is 2.17. The molecule has 0 saturated carbocycles. The van der Waals surface area contributed by atoms with Crippen LogP contribution in [-0.2, 0) is 4.74 Å². The normalized spacial score (nSPS) is 24.0. The Bertz CT molecular complexity index is 143. The quantitative estimate of drug-likeness (QED) is 0.503. The molecular formula is C11H22ClNO. The lowest BCUT2D eigenvalue weighted by atomic mass is 10.2. The van der Waals surface area contributed by atoms with Crippen LogP contribution in [0.15, 0.2) is 0 Å². The molecule has 0 aliphatic carbocycles. The fourth-order valence-electron chi connectivity index (χ4n) is 1.84. The maximum Gasteiger partial charge on any atom is 0.0700 e. The van der Waals surface area contributed by atoms with E-state index in [9.17, 15) is 0 Å². The van der Waals surface area contributed by atoms with Gasteiger partial charge >= 0.3 is 0 Å². The molecule has 3 heteroatoms. The lowest BCUT2D eigenvalue weighted by Gasteiger charge is -2.32. The van der Waals surface area contributed by atoms with E-state index >= 15 is 0 Å². The number of halogens is 1. The Hall–Kier alpha value is 0.210. The van der Waals surface area contributed by atoms with Crippen LogP contribution in [0, 0.1) is 0 Å². The van der Waals surface area contributed by atoms with E-state index in [4.69, 9.17) is 16.3 Å².